The molecule has 1 aromatic carbocycles. The quantitative estimate of drug-likeness (QED) is 0.693. The fraction of sp³-hybridized carbons (Fsp3) is 0.143. The molecule has 0 aliphatic heterocycles. The average Bonchev–Trinajstić information content (AvgIpc) is 2.93. The minimum Gasteiger partial charge on any atom is -0.497 e. The van der Waals surface area contributed by atoms with E-state index in [1.165, 1.54) is 0 Å². The van der Waals surface area contributed by atoms with Gasteiger partial charge in [-0.15, -0.1) is 0 Å². The first-order valence-corrected chi connectivity index (χ1v) is 6.39. The van der Waals surface area contributed by atoms with Crippen LogP contribution in [-0.4, -0.2) is 21.5 Å². The van der Waals surface area contributed by atoms with Gasteiger partial charge >= 0.3 is 6.01 Å². The van der Waals surface area contributed by atoms with Crippen molar-refractivity contribution in [3.05, 3.63) is 53.4 Å². The summed E-state index contributed by atoms with van der Waals surface area (Å²) in [7, 11) is 1.64. The first-order valence-electron chi connectivity index (χ1n) is 6.01. The number of halogens is 1. The summed E-state index contributed by atoms with van der Waals surface area (Å²) in [6.45, 7) is 0.393. The summed E-state index contributed by atoms with van der Waals surface area (Å²) in [4.78, 5) is 8.32. The van der Waals surface area contributed by atoms with Crippen molar-refractivity contribution >= 4 is 17.2 Å². The number of hydrogen-bond donors (Lipinski definition) is 0. The summed E-state index contributed by atoms with van der Waals surface area (Å²) >= 11 is 5.94. The van der Waals surface area contributed by atoms with Crippen molar-refractivity contribution in [3.63, 3.8) is 0 Å². The van der Waals surface area contributed by atoms with Gasteiger partial charge in [0.15, 0.2) is 0 Å². The molecule has 0 aliphatic carbocycles. The van der Waals surface area contributed by atoms with Crippen LogP contribution in [0.2, 0.25) is 5.15 Å². The number of benzene rings is 1. The van der Waals surface area contributed by atoms with Crippen LogP contribution in [0.4, 0.5) is 0 Å². The Hall–Kier alpha value is -2.27. The van der Waals surface area contributed by atoms with Crippen LogP contribution in [0.3, 0.4) is 0 Å². The Morgan fingerprint density at radius 3 is 2.80 bits per heavy atom. The summed E-state index contributed by atoms with van der Waals surface area (Å²) in [6, 6.07) is 9.75. The van der Waals surface area contributed by atoms with Crippen LogP contribution in [0.5, 0.6) is 11.8 Å². The number of ether oxygens (including phenoxy) is 2. The Morgan fingerprint density at radius 1 is 1.25 bits per heavy atom. The summed E-state index contributed by atoms with van der Waals surface area (Å²) in [5, 5.41) is 0.355. The summed E-state index contributed by atoms with van der Waals surface area (Å²) in [5.74, 6) is 0.812. The molecule has 0 saturated carbocycles. The van der Waals surface area contributed by atoms with Crippen LogP contribution in [0.1, 0.15) is 5.56 Å². The molecule has 0 bridgehead atoms. The van der Waals surface area contributed by atoms with Crippen molar-refractivity contribution in [2.24, 2.45) is 0 Å². The maximum atomic E-state index is 5.94. The van der Waals surface area contributed by atoms with Gasteiger partial charge < -0.3 is 9.47 Å². The average molecular weight is 290 g/mol. The number of rotatable bonds is 4. The maximum Gasteiger partial charge on any atom is 0.303 e. The molecule has 5 nitrogen and oxygen atoms in total. The van der Waals surface area contributed by atoms with Crippen LogP contribution in [0, 0.1) is 0 Å². The van der Waals surface area contributed by atoms with Gasteiger partial charge in [0.2, 0.25) is 0 Å². The fourth-order valence-corrected chi connectivity index (χ4v) is 2.01. The second-order valence-corrected chi connectivity index (χ2v) is 4.54. The minimum absolute atomic E-state index is 0.355. The third-order valence-electron chi connectivity index (χ3n) is 2.85. The van der Waals surface area contributed by atoms with Crippen molar-refractivity contribution in [1.82, 2.24) is 14.4 Å². The number of hydrogen-bond acceptors (Lipinski definition) is 4. The molecule has 6 heteroatoms. The lowest BCUT2D eigenvalue weighted by Crippen LogP contribution is -2.02. The predicted octanol–water partition coefficient (Wildman–Crippen LogP) is 2.97. The smallest absolute Gasteiger partial charge is 0.303 e. The van der Waals surface area contributed by atoms with E-state index in [1.807, 2.05) is 24.3 Å². The molecule has 3 rings (SSSR count). The van der Waals surface area contributed by atoms with Crippen molar-refractivity contribution in [2.45, 2.75) is 6.61 Å². The molecule has 0 radical (unpaired) electrons. The van der Waals surface area contributed by atoms with Gasteiger partial charge in [0.1, 0.15) is 23.2 Å². The van der Waals surface area contributed by atoms with E-state index in [0.29, 0.717) is 23.4 Å². The van der Waals surface area contributed by atoms with Crippen molar-refractivity contribution in [3.8, 4) is 11.8 Å². The molecular weight excluding hydrogens is 278 g/mol. The highest BCUT2D eigenvalue weighted by Gasteiger charge is 2.07. The Balaban J connectivity index is 1.80. The normalized spacial score (nSPS) is 10.7. The molecule has 20 heavy (non-hydrogen) atoms. The number of aromatic nitrogens is 3. The van der Waals surface area contributed by atoms with Gasteiger partial charge in [-0.3, -0.25) is 4.40 Å². The van der Waals surface area contributed by atoms with Gasteiger partial charge in [-0.25, -0.2) is 4.98 Å². The molecule has 0 atom stereocenters. The van der Waals surface area contributed by atoms with E-state index < -0.39 is 0 Å². The van der Waals surface area contributed by atoms with E-state index in [4.69, 9.17) is 21.1 Å². The fourth-order valence-electron chi connectivity index (χ4n) is 1.84. The monoisotopic (exact) mass is 289 g/mol. The zero-order chi connectivity index (χ0) is 13.9. The molecule has 102 valence electrons. The molecule has 0 fully saturated rings. The van der Waals surface area contributed by atoms with Crippen LogP contribution in [0.15, 0.2) is 42.7 Å². The first kappa shape index (κ1) is 12.7. The largest absolute Gasteiger partial charge is 0.497 e. The van der Waals surface area contributed by atoms with Gasteiger partial charge in [0.05, 0.1) is 7.11 Å². The minimum atomic E-state index is 0.355. The van der Waals surface area contributed by atoms with Gasteiger partial charge in [-0.1, -0.05) is 23.7 Å². The van der Waals surface area contributed by atoms with E-state index in [1.54, 1.807) is 30.0 Å². The van der Waals surface area contributed by atoms with Crippen LogP contribution < -0.4 is 9.47 Å². The topological polar surface area (TPSA) is 48.7 Å². The van der Waals surface area contributed by atoms with Gasteiger partial charge in [0.25, 0.3) is 0 Å². The maximum absolute atomic E-state index is 5.94. The number of methoxy groups -OCH3 is 1. The molecule has 2 aromatic heterocycles. The second kappa shape index (κ2) is 5.38. The lowest BCUT2D eigenvalue weighted by molar-refractivity contribution is 0.276. The van der Waals surface area contributed by atoms with Crippen LogP contribution in [0.25, 0.3) is 5.65 Å². The molecule has 0 aliphatic rings. The van der Waals surface area contributed by atoms with Crippen molar-refractivity contribution < 1.29 is 9.47 Å². The SMILES string of the molecule is COc1ccc(COc2nc(Cl)cc3nccn23)cc1. The summed E-state index contributed by atoms with van der Waals surface area (Å²) < 4.78 is 12.6. The van der Waals surface area contributed by atoms with Gasteiger partial charge in [-0.2, -0.15) is 4.98 Å². The Morgan fingerprint density at radius 2 is 2.05 bits per heavy atom. The lowest BCUT2D eigenvalue weighted by Gasteiger charge is -2.08. The zero-order valence-electron chi connectivity index (χ0n) is 10.8. The Labute approximate surface area is 120 Å². The third-order valence-corrected chi connectivity index (χ3v) is 3.05. The molecule has 3 aromatic rings. The summed E-state index contributed by atoms with van der Waals surface area (Å²) in [6.07, 6.45) is 3.45. The van der Waals surface area contributed by atoms with E-state index in [-0.39, 0.29) is 0 Å². The predicted molar refractivity (Wildman–Crippen MR) is 75.3 cm³/mol. The third kappa shape index (κ3) is 2.53. The molecule has 2 heterocycles. The second-order valence-electron chi connectivity index (χ2n) is 4.15. The lowest BCUT2D eigenvalue weighted by atomic mass is 10.2. The van der Waals surface area contributed by atoms with E-state index >= 15 is 0 Å². The van der Waals surface area contributed by atoms with Crippen molar-refractivity contribution in [1.29, 1.82) is 0 Å². The molecule has 0 N–H and O–H groups in total. The Bertz CT molecular complexity index is 725. The van der Waals surface area contributed by atoms with Crippen molar-refractivity contribution in [2.75, 3.05) is 7.11 Å². The highest BCUT2D eigenvalue weighted by Crippen LogP contribution is 2.18. The van der Waals surface area contributed by atoms with Crippen LogP contribution >= 0.6 is 11.6 Å². The van der Waals surface area contributed by atoms with E-state index in [2.05, 4.69) is 9.97 Å². The Kier molecular flexibility index (Phi) is 3.43. The summed E-state index contributed by atoms with van der Waals surface area (Å²) in [5.41, 5.74) is 1.72. The number of fused-ring (bicyclic) bond motifs is 1. The standard InChI is InChI=1S/C14H12ClN3O2/c1-19-11-4-2-10(3-5-11)9-20-14-17-12(15)8-13-16-6-7-18(13)14/h2-8H,9H2,1H3. The number of imidazole rings is 1. The van der Waals surface area contributed by atoms with E-state index in [0.717, 1.165) is 11.3 Å². The zero-order valence-corrected chi connectivity index (χ0v) is 11.5. The molecule has 0 amide bonds. The van der Waals surface area contributed by atoms with Gasteiger partial charge in [0, 0.05) is 18.5 Å². The molecule has 0 unspecified atom stereocenters. The first-order chi connectivity index (χ1) is 9.76. The highest BCUT2D eigenvalue weighted by atomic mass is 35.5. The van der Waals surface area contributed by atoms with E-state index in [9.17, 15) is 0 Å². The molecular formula is C14H12ClN3O2. The molecule has 0 spiro atoms. The van der Waals surface area contributed by atoms with Gasteiger partial charge in [-0.05, 0) is 17.7 Å². The highest BCUT2D eigenvalue weighted by molar-refractivity contribution is 6.29. The molecule has 0 saturated heterocycles. The van der Waals surface area contributed by atoms with Crippen LogP contribution in [-0.2, 0) is 6.61 Å². The number of nitrogens with zero attached hydrogens (tertiary/aromatic N) is 3.